The number of carbonyl (C=O) groups is 2. The minimum absolute atomic E-state index is 0.0221. The Balaban J connectivity index is 1.86. The minimum Gasteiger partial charge on any atom is -0.503 e. The highest BCUT2D eigenvalue weighted by atomic mass is 32.1. The summed E-state index contributed by atoms with van der Waals surface area (Å²) in [5.74, 6) is -0.711. The molecule has 0 radical (unpaired) electrons. The molecule has 0 fully saturated rings. The maximum Gasteiger partial charge on any atom is 0.294 e. The summed E-state index contributed by atoms with van der Waals surface area (Å²) in [6.07, 6.45) is 0. The second-order valence-electron chi connectivity index (χ2n) is 6.25. The van der Waals surface area contributed by atoms with Gasteiger partial charge in [-0.1, -0.05) is 6.07 Å². The summed E-state index contributed by atoms with van der Waals surface area (Å²) < 4.78 is 5.72. The zero-order valence-electron chi connectivity index (χ0n) is 14.7. The molecule has 0 aliphatic carbocycles. The van der Waals surface area contributed by atoms with E-state index in [0.717, 1.165) is 0 Å². The number of aliphatic hydroxyl groups is 1. The molecule has 1 N–H and O–H groups in total. The largest absolute Gasteiger partial charge is 0.503 e. The fourth-order valence-corrected chi connectivity index (χ4v) is 3.89. The molecular weight excluding hydrogens is 376 g/mol. The summed E-state index contributed by atoms with van der Waals surface area (Å²) in [5.41, 5.74) is 0.864. The minimum atomic E-state index is -0.899. The van der Waals surface area contributed by atoms with Crippen LogP contribution in [0.5, 0.6) is 0 Å². The second kappa shape index (κ2) is 6.83. The van der Waals surface area contributed by atoms with Crippen molar-refractivity contribution in [1.82, 2.24) is 0 Å². The summed E-state index contributed by atoms with van der Waals surface area (Å²) in [6.45, 7) is 1.76. The van der Waals surface area contributed by atoms with Gasteiger partial charge in [-0.2, -0.15) is 5.26 Å². The van der Waals surface area contributed by atoms with E-state index in [-0.39, 0.29) is 5.57 Å². The molecule has 1 amide bonds. The maximum absolute atomic E-state index is 13.1. The lowest BCUT2D eigenvalue weighted by molar-refractivity contribution is -0.117. The van der Waals surface area contributed by atoms with Crippen molar-refractivity contribution in [3.05, 3.63) is 87.2 Å². The van der Waals surface area contributed by atoms with Crippen LogP contribution in [0, 0.1) is 18.3 Å². The number of rotatable bonds is 4. The Morgan fingerprint density at radius 3 is 2.54 bits per heavy atom. The van der Waals surface area contributed by atoms with Gasteiger partial charge in [0.25, 0.3) is 5.91 Å². The molecule has 3 aromatic rings. The van der Waals surface area contributed by atoms with E-state index >= 15 is 0 Å². The Labute approximate surface area is 164 Å². The van der Waals surface area contributed by atoms with Gasteiger partial charge >= 0.3 is 0 Å². The van der Waals surface area contributed by atoms with Gasteiger partial charge in [0.15, 0.2) is 5.76 Å². The van der Waals surface area contributed by atoms with Crippen molar-refractivity contribution in [2.45, 2.75) is 13.0 Å². The lowest BCUT2D eigenvalue weighted by Crippen LogP contribution is -2.30. The number of thiophene rings is 1. The number of ketones is 1. The van der Waals surface area contributed by atoms with Crippen LogP contribution in [0.15, 0.2) is 69.7 Å². The third kappa shape index (κ3) is 2.80. The van der Waals surface area contributed by atoms with E-state index in [4.69, 9.17) is 9.68 Å². The number of carbonyl (C=O) groups excluding carboxylic acids is 2. The van der Waals surface area contributed by atoms with E-state index in [1.165, 1.54) is 16.2 Å². The standard InChI is InChI=1S/C21H14N2O4S/c1-12-4-9-15(27-12)18-17(19(24)16-3-2-10-28-16)20(25)21(26)23(18)14-7-5-13(11-22)6-8-14/h2-10,18,25H,1H3. The molecule has 1 atom stereocenters. The SMILES string of the molecule is Cc1ccc(C2C(C(=O)c3cccs3)=C(O)C(=O)N2c2ccc(C#N)cc2)o1. The number of Topliss-reactive ketones (excluding diaryl/α,β-unsaturated/α-hetero) is 1. The average molecular weight is 390 g/mol. The summed E-state index contributed by atoms with van der Waals surface area (Å²) in [5, 5.41) is 21.3. The first-order valence-electron chi connectivity index (χ1n) is 8.42. The quantitative estimate of drug-likeness (QED) is 0.670. The van der Waals surface area contributed by atoms with E-state index in [9.17, 15) is 14.7 Å². The van der Waals surface area contributed by atoms with Crippen molar-refractivity contribution in [1.29, 1.82) is 5.26 Å². The zero-order chi connectivity index (χ0) is 19.8. The highest BCUT2D eigenvalue weighted by molar-refractivity contribution is 7.12. The predicted molar refractivity (Wildman–Crippen MR) is 103 cm³/mol. The first-order valence-corrected chi connectivity index (χ1v) is 9.30. The number of hydrogen-bond acceptors (Lipinski definition) is 6. The Bertz CT molecular complexity index is 1130. The number of aliphatic hydroxyl groups excluding tert-OH is 1. The van der Waals surface area contributed by atoms with E-state index in [1.54, 1.807) is 60.8 Å². The third-order valence-corrected chi connectivity index (χ3v) is 5.37. The summed E-state index contributed by atoms with van der Waals surface area (Å²) in [6, 6.07) is 14.3. The summed E-state index contributed by atoms with van der Waals surface area (Å²) >= 11 is 1.23. The number of hydrogen-bond donors (Lipinski definition) is 1. The number of aryl methyl sites for hydroxylation is 1. The van der Waals surface area contributed by atoms with Crippen LogP contribution in [0.4, 0.5) is 5.69 Å². The van der Waals surface area contributed by atoms with Crippen LogP contribution < -0.4 is 4.90 Å². The lowest BCUT2D eigenvalue weighted by atomic mass is 10.00. The topological polar surface area (TPSA) is 94.5 Å². The summed E-state index contributed by atoms with van der Waals surface area (Å²) in [4.78, 5) is 27.7. The monoisotopic (exact) mass is 390 g/mol. The fraction of sp³-hybridized carbons (Fsp3) is 0.0952. The number of anilines is 1. The Hall–Kier alpha value is -3.63. The smallest absolute Gasteiger partial charge is 0.294 e. The van der Waals surface area contributed by atoms with Crippen LogP contribution in [0.3, 0.4) is 0 Å². The van der Waals surface area contributed by atoms with Gasteiger partial charge in [-0.15, -0.1) is 11.3 Å². The fourth-order valence-electron chi connectivity index (χ4n) is 3.21. The number of benzene rings is 1. The molecule has 0 saturated heterocycles. The Kier molecular flexibility index (Phi) is 4.34. The van der Waals surface area contributed by atoms with Crippen molar-refractivity contribution < 1.29 is 19.1 Å². The predicted octanol–water partition coefficient (Wildman–Crippen LogP) is 4.30. The third-order valence-electron chi connectivity index (χ3n) is 4.50. The van der Waals surface area contributed by atoms with Crippen LogP contribution in [0.1, 0.15) is 32.8 Å². The van der Waals surface area contributed by atoms with Crippen molar-refractivity contribution in [2.75, 3.05) is 4.90 Å². The number of nitriles is 1. The number of furan rings is 1. The van der Waals surface area contributed by atoms with E-state index in [0.29, 0.717) is 27.6 Å². The highest BCUT2D eigenvalue weighted by Crippen LogP contribution is 2.42. The molecule has 28 heavy (non-hydrogen) atoms. The van der Waals surface area contributed by atoms with Crippen LogP contribution in [-0.2, 0) is 4.79 Å². The molecule has 7 heteroatoms. The molecule has 0 bridgehead atoms. The zero-order valence-corrected chi connectivity index (χ0v) is 15.6. The molecule has 6 nitrogen and oxygen atoms in total. The molecule has 3 heterocycles. The molecule has 0 saturated carbocycles. The van der Waals surface area contributed by atoms with Crippen molar-refractivity contribution in [3.8, 4) is 6.07 Å². The van der Waals surface area contributed by atoms with Crippen LogP contribution in [0.25, 0.3) is 0 Å². The van der Waals surface area contributed by atoms with Crippen LogP contribution in [-0.4, -0.2) is 16.8 Å². The van der Waals surface area contributed by atoms with Gasteiger partial charge in [0.2, 0.25) is 5.78 Å². The average Bonchev–Trinajstić information content (AvgIpc) is 3.43. The lowest BCUT2D eigenvalue weighted by Gasteiger charge is -2.25. The normalized spacial score (nSPS) is 16.5. The van der Waals surface area contributed by atoms with Gasteiger partial charge in [0.05, 0.1) is 22.1 Å². The van der Waals surface area contributed by atoms with E-state index < -0.39 is 23.5 Å². The van der Waals surface area contributed by atoms with Gasteiger partial charge in [-0.25, -0.2) is 0 Å². The number of amides is 1. The molecule has 1 aliphatic rings. The summed E-state index contributed by atoms with van der Waals surface area (Å²) in [7, 11) is 0. The molecule has 0 spiro atoms. The van der Waals surface area contributed by atoms with Gasteiger partial charge in [-0.05, 0) is 54.8 Å². The first-order chi connectivity index (χ1) is 13.5. The molecule has 1 aliphatic heterocycles. The molecule has 2 aromatic heterocycles. The van der Waals surface area contributed by atoms with Gasteiger partial charge in [0, 0.05) is 5.69 Å². The molecular formula is C21H14N2O4S. The van der Waals surface area contributed by atoms with E-state index in [1.807, 2.05) is 6.07 Å². The highest BCUT2D eigenvalue weighted by Gasteiger charge is 2.46. The van der Waals surface area contributed by atoms with Gasteiger partial charge in [0.1, 0.15) is 17.6 Å². The maximum atomic E-state index is 13.1. The number of nitrogens with zero attached hydrogens (tertiary/aromatic N) is 2. The molecule has 138 valence electrons. The van der Waals surface area contributed by atoms with Gasteiger partial charge < -0.3 is 9.52 Å². The molecule has 1 aromatic carbocycles. The molecule has 1 unspecified atom stereocenters. The second-order valence-corrected chi connectivity index (χ2v) is 7.20. The Morgan fingerprint density at radius 2 is 1.96 bits per heavy atom. The Morgan fingerprint density at radius 1 is 1.21 bits per heavy atom. The first kappa shape index (κ1) is 17.8. The van der Waals surface area contributed by atoms with Crippen molar-refractivity contribution in [2.24, 2.45) is 0 Å². The molecule has 4 rings (SSSR count). The van der Waals surface area contributed by atoms with Crippen molar-refractivity contribution in [3.63, 3.8) is 0 Å². The van der Waals surface area contributed by atoms with Gasteiger partial charge in [-0.3, -0.25) is 14.5 Å². The van der Waals surface area contributed by atoms with E-state index in [2.05, 4.69) is 0 Å². The van der Waals surface area contributed by atoms with Crippen molar-refractivity contribution >= 4 is 28.7 Å². The van der Waals surface area contributed by atoms with Crippen LogP contribution in [0.2, 0.25) is 0 Å². The van der Waals surface area contributed by atoms with Crippen LogP contribution >= 0.6 is 11.3 Å².